The minimum atomic E-state index is -0.0459. The first kappa shape index (κ1) is 21.9. The highest BCUT2D eigenvalue weighted by Crippen LogP contribution is 2.23. The molecule has 0 bridgehead atoms. The predicted octanol–water partition coefficient (Wildman–Crippen LogP) is 4.01. The van der Waals surface area contributed by atoms with E-state index < -0.39 is 0 Å². The number of thioether (sulfide) groups is 1. The molecular formula is C25H24N4O2S2. The van der Waals surface area contributed by atoms with E-state index in [9.17, 15) is 9.59 Å². The first-order valence-corrected chi connectivity index (χ1v) is 12.8. The fourth-order valence-electron chi connectivity index (χ4n) is 3.92. The SMILES string of the molecule is O=C(c1ccc(SCc2ccccc2)cc1)N1CCN(Cc2cc(=O)n3ccsc3n2)CC1. The number of nitrogens with zero attached hydrogens (tertiary/aromatic N) is 4. The molecule has 0 aliphatic carbocycles. The minimum absolute atomic E-state index is 0.0459. The van der Waals surface area contributed by atoms with Gasteiger partial charge < -0.3 is 4.90 Å². The maximum atomic E-state index is 13.0. The average Bonchev–Trinajstić information content (AvgIpc) is 3.33. The van der Waals surface area contributed by atoms with E-state index in [2.05, 4.69) is 34.1 Å². The van der Waals surface area contributed by atoms with E-state index in [-0.39, 0.29) is 11.5 Å². The van der Waals surface area contributed by atoms with E-state index in [1.54, 1.807) is 28.4 Å². The second-order valence-corrected chi connectivity index (χ2v) is 9.93. The summed E-state index contributed by atoms with van der Waals surface area (Å²) in [6.45, 7) is 3.50. The normalized spacial score (nSPS) is 14.6. The fraction of sp³-hybridized carbons (Fsp3) is 0.240. The first-order valence-electron chi connectivity index (χ1n) is 10.9. The molecule has 1 amide bonds. The van der Waals surface area contributed by atoms with Crippen molar-refractivity contribution in [1.82, 2.24) is 19.2 Å². The van der Waals surface area contributed by atoms with Crippen molar-refractivity contribution in [2.75, 3.05) is 26.2 Å². The number of aromatic nitrogens is 2. The molecule has 0 unspecified atom stereocenters. The molecule has 3 heterocycles. The molecule has 6 nitrogen and oxygen atoms in total. The van der Waals surface area contributed by atoms with Crippen LogP contribution in [0.25, 0.3) is 4.96 Å². The van der Waals surface area contributed by atoms with Crippen LogP contribution in [0.5, 0.6) is 0 Å². The molecular weight excluding hydrogens is 452 g/mol. The quantitative estimate of drug-likeness (QED) is 0.394. The van der Waals surface area contributed by atoms with Crippen molar-refractivity contribution >= 4 is 34.0 Å². The Bertz CT molecular complexity index is 1290. The van der Waals surface area contributed by atoms with Crippen LogP contribution in [0.15, 0.2) is 81.9 Å². The molecule has 1 aliphatic rings. The van der Waals surface area contributed by atoms with Gasteiger partial charge >= 0.3 is 0 Å². The topological polar surface area (TPSA) is 57.9 Å². The number of amides is 1. The molecule has 1 saturated heterocycles. The fourth-order valence-corrected chi connectivity index (χ4v) is 5.52. The molecule has 0 N–H and O–H groups in total. The zero-order chi connectivity index (χ0) is 22.6. The van der Waals surface area contributed by atoms with E-state index in [1.165, 1.54) is 16.9 Å². The Morgan fingerprint density at radius 1 is 1.00 bits per heavy atom. The van der Waals surface area contributed by atoms with E-state index in [0.717, 1.165) is 40.0 Å². The second kappa shape index (κ2) is 9.91. The summed E-state index contributed by atoms with van der Waals surface area (Å²) < 4.78 is 1.57. The lowest BCUT2D eigenvalue weighted by atomic mass is 10.2. The van der Waals surface area contributed by atoms with E-state index >= 15 is 0 Å². The lowest BCUT2D eigenvalue weighted by Gasteiger charge is -2.34. The standard InChI is InChI=1S/C25H24N4O2S2/c30-23-16-21(26-25-29(23)14-15-32-25)17-27-10-12-28(13-11-27)24(31)20-6-8-22(9-7-20)33-18-19-4-2-1-3-5-19/h1-9,14-16H,10-13,17-18H2. The number of piperazine rings is 1. The molecule has 4 aromatic rings. The largest absolute Gasteiger partial charge is 0.336 e. The highest BCUT2D eigenvalue weighted by atomic mass is 32.2. The van der Waals surface area contributed by atoms with Gasteiger partial charge in [-0.2, -0.15) is 0 Å². The summed E-state index contributed by atoms with van der Waals surface area (Å²) in [6.07, 6.45) is 1.75. The summed E-state index contributed by atoms with van der Waals surface area (Å²) >= 11 is 3.23. The van der Waals surface area contributed by atoms with E-state index in [0.29, 0.717) is 19.6 Å². The van der Waals surface area contributed by atoms with Crippen LogP contribution in [-0.2, 0) is 12.3 Å². The predicted molar refractivity (Wildman–Crippen MR) is 133 cm³/mol. The van der Waals surface area contributed by atoms with Gasteiger partial charge in [0.1, 0.15) is 0 Å². The Labute approximate surface area is 200 Å². The smallest absolute Gasteiger partial charge is 0.258 e. The Morgan fingerprint density at radius 2 is 1.76 bits per heavy atom. The van der Waals surface area contributed by atoms with Gasteiger partial charge in [-0.1, -0.05) is 30.3 Å². The summed E-state index contributed by atoms with van der Waals surface area (Å²) in [5.41, 5.74) is 2.75. The number of hydrogen-bond donors (Lipinski definition) is 0. The molecule has 1 fully saturated rings. The molecule has 0 spiro atoms. The molecule has 5 rings (SSSR count). The van der Waals surface area contributed by atoms with Gasteiger partial charge in [0.05, 0.1) is 5.69 Å². The van der Waals surface area contributed by atoms with Crippen LogP contribution in [0.4, 0.5) is 0 Å². The number of thiazole rings is 1. The molecule has 1 aliphatic heterocycles. The second-order valence-electron chi connectivity index (χ2n) is 8.01. The number of carbonyl (C=O) groups is 1. The summed E-state index contributed by atoms with van der Waals surface area (Å²) in [5, 5.41) is 1.87. The summed E-state index contributed by atoms with van der Waals surface area (Å²) in [4.78, 5) is 35.8. The number of rotatable bonds is 6. The minimum Gasteiger partial charge on any atom is -0.336 e. The van der Waals surface area contributed by atoms with Gasteiger partial charge in [0.15, 0.2) is 4.96 Å². The number of benzene rings is 2. The molecule has 0 atom stereocenters. The van der Waals surface area contributed by atoms with Gasteiger partial charge in [-0.25, -0.2) is 4.98 Å². The van der Waals surface area contributed by atoms with Crippen LogP contribution in [0, 0.1) is 0 Å². The summed E-state index contributed by atoms with van der Waals surface area (Å²) in [5.74, 6) is 0.988. The van der Waals surface area contributed by atoms with Crippen molar-refractivity contribution < 1.29 is 4.79 Å². The Kier molecular flexibility index (Phi) is 6.57. The van der Waals surface area contributed by atoms with Crippen LogP contribution >= 0.6 is 23.1 Å². The van der Waals surface area contributed by atoms with Crippen molar-refractivity contribution in [3.05, 3.63) is 99.4 Å². The van der Waals surface area contributed by atoms with Crippen LogP contribution in [0.2, 0.25) is 0 Å². The van der Waals surface area contributed by atoms with Gasteiger partial charge in [-0.3, -0.25) is 18.9 Å². The lowest BCUT2D eigenvalue weighted by molar-refractivity contribution is 0.0627. The number of hydrogen-bond acceptors (Lipinski definition) is 6. The Morgan fingerprint density at radius 3 is 2.52 bits per heavy atom. The van der Waals surface area contributed by atoms with Gasteiger partial charge in [0.2, 0.25) is 0 Å². The highest BCUT2D eigenvalue weighted by molar-refractivity contribution is 7.98. The maximum Gasteiger partial charge on any atom is 0.258 e. The number of carbonyl (C=O) groups excluding carboxylic acids is 1. The molecule has 168 valence electrons. The maximum absolute atomic E-state index is 13.0. The lowest BCUT2D eigenvalue weighted by Crippen LogP contribution is -2.48. The van der Waals surface area contributed by atoms with Gasteiger partial charge in [0, 0.05) is 66.6 Å². The zero-order valence-electron chi connectivity index (χ0n) is 18.1. The highest BCUT2D eigenvalue weighted by Gasteiger charge is 2.22. The first-order chi connectivity index (χ1) is 16.2. The third-order valence-corrected chi connectivity index (χ3v) is 7.59. The monoisotopic (exact) mass is 476 g/mol. The van der Waals surface area contributed by atoms with Crippen molar-refractivity contribution in [2.24, 2.45) is 0 Å². The van der Waals surface area contributed by atoms with Crippen LogP contribution < -0.4 is 5.56 Å². The van der Waals surface area contributed by atoms with E-state index in [1.807, 2.05) is 40.6 Å². The van der Waals surface area contributed by atoms with Crippen LogP contribution in [0.3, 0.4) is 0 Å². The Hall–Kier alpha value is -2.94. The Balaban J connectivity index is 1.14. The zero-order valence-corrected chi connectivity index (χ0v) is 19.7. The molecule has 0 radical (unpaired) electrons. The summed E-state index contributed by atoms with van der Waals surface area (Å²) in [6, 6.07) is 19.9. The van der Waals surface area contributed by atoms with Crippen molar-refractivity contribution in [2.45, 2.75) is 17.2 Å². The van der Waals surface area contributed by atoms with E-state index in [4.69, 9.17) is 0 Å². The number of fused-ring (bicyclic) bond motifs is 1. The summed E-state index contributed by atoms with van der Waals surface area (Å²) in [7, 11) is 0. The van der Waals surface area contributed by atoms with Crippen molar-refractivity contribution in [1.29, 1.82) is 0 Å². The van der Waals surface area contributed by atoms with Crippen LogP contribution in [0.1, 0.15) is 21.6 Å². The van der Waals surface area contributed by atoms with Crippen molar-refractivity contribution in [3.63, 3.8) is 0 Å². The molecule has 2 aromatic heterocycles. The van der Waals surface area contributed by atoms with Gasteiger partial charge in [-0.15, -0.1) is 23.1 Å². The third kappa shape index (κ3) is 5.19. The molecule has 8 heteroatoms. The van der Waals surface area contributed by atoms with Gasteiger partial charge in [0.25, 0.3) is 11.5 Å². The molecule has 2 aromatic carbocycles. The van der Waals surface area contributed by atoms with Crippen LogP contribution in [-0.4, -0.2) is 51.3 Å². The molecule has 0 saturated carbocycles. The van der Waals surface area contributed by atoms with Crippen molar-refractivity contribution in [3.8, 4) is 0 Å². The third-order valence-electron chi connectivity index (χ3n) is 5.75. The van der Waals surface area contributed by atoms with Gasteiger partial charge in [-0.05, 0) is 29.8 Å². The molecule has 33 heavy (non-hydrogen) atoms. The average molecular weight is 477 g/mol.